The van der Waals surface area contributed by atoms with Gasteiger partial charge in [0.25, 0.3) is 10.1 Å². The molecule has 144 heavy (non-hydrogen) atoms. The molecule has 0 aliphatic rings. The van der Waals surface area contributed by atoms with Gasteiger partial charge in [-0.2, -0.15) is 8.42 Å². The molecule has 11 aromatic carbocycles. The van der Waals surface area contributed by atoms with E-state index < -0.39 is 76.6 Å². The van der Waals surface area contributed by atoms with Gasteiger partial charge in [-0.25, -0.2) is 19.2 Å². The predicted octanol–water partition coefficient (Wildman–Crippen LogP) is 18.8. The second-order valence-corrected chi connectivity index (χ2v) is 38.8. The number of nitrogens with one attached hydrogen (secondary N) is 5. The highest BCUT2D eigenvalue weighted by molar-refractivity contribution is 7.85. The summed E-state index contributed by atoms with van der Waals surface area (Å²) in [4.78, 5) is 72.4. The Morgan fingerprint density at radius 3 is 1.16 bits per heavy atom. The Bertz CT molecular complexity index is 5680. The summed E-state index contributed by atoms with van der Waals surface area (Å²) in [5.41, 5.74) is 15.7. The Hall–Kier alpha value is -11.9. The first kappa shape index (κ1) is 130. The van der Waals surface area contributed by atoms with E-state index in [2.05, 4.69) is 61.2 Å². The van der Waals surface area contributed by atoms with Crippen LogP contribution in [0.25, 0.3) is 0 Å². The number of Topliss-reactive ketones (excluding diaryl/α,β-unsaturated/α-hetero) is 1. The van der Waals surface area contributed by atoms with Crippen molar-refractivity contribution in [2.45, 2.75) is 224 Å². The highest BCUT2D eigenvalue weighted by Crippen LogP contribution is 2.42. The highest BCUT2D eigenvalue weighted by atomic mass is 32.2. The molecular weight excluding hydrogens is 1890 g/mol. The minimum atomic E-state index is -4.02. The summed E-state index contributed by atoms with van der Waals surface area (Å²) in [6.07, 6.45) is 10.6. The minimum absolute atomic E-state index is 0.0666. The van der Waals surface area contributed by atoms with Gasteiger partial charge in [-0.1, -0.05) is 200 Å². The van der Waals surface area contributed by atoms with E-state index in [1.165, 1.54) is 37.0 Å². The zero-order chi connectivity index (χ0) is 109. The molecule has 0 fully saturated rings. The van der Waals surface area contributed by atoms with Gasteiger partial charge in [0.05, 0.1) is 56.6 Å². The topological polar surface area (TPSA) is 515 Å². The predicted molar refractivity (Wildman–Crippen MR) is 585 cm³/mol. The van der Waals surface area contributed by atoms with E-state index in [1.807, 2.05) is 130 Å². The Labute approximate surface area is 852 Å². The fraction of sp³-hybridized carbons (Fsp3) is 0.343. The molecule has 30 nitrogen and oxygen atoms in total. The fourth-order valence-corrected chi connectivity index (χ4v) is 14.8. The molecule has 36 heteroatoms. The van der Waals surface area contributed by atoms with E-state index in [1.54, 1.807) is 209 Å². The molecule has 782 valence electrons. The number of anilines is 5. The number of carboxylic acid groups (broad SMARTS) is 4. The molecular formula is C108H150B3N5O25P2S. The highest BCUT2D eigenvalue weighted by Gasteiger charge is 2.25. The first-order chi connectivity index (χ1) is 67.9. The molecule has 11 rings (SSSR count). The lowest BCUT2D eigenvalue weighted by Gasteiger charge is -2.14. The summed E-state index contributed by atoms with van der Waals surface area (Å²) >= 11 is 0. The van der Waals surface area contributed by atoms with Crippen molar-refractivity contribution in [2.75, 3.05) is 52.8 Å². The van der Waals surface area contributed by atoms with Crippen molar-refractivity contribution in [2.24, 2.45) is 0 Å². The molecule has 0 aliphatic carbocycles. The average molecular weight is 2040 g/mol. The molecule has 0 aliphatic heterocycles. The molecule has 0 saturated heterocycles. The summed E-state index contributed by atoms with van der Waals surface area (Å²) < 4.78 is 62.9. The third kappa shape index (κ3) is 57.0. The Morgan fingerprint density at radius 2 is 0.792 bits per heavy atom. The van der Waals surface area contributed by atoms with E-state index in [0.29, 0.717) is 67.9 Å². The maximum atomic E-state index is 11.7. The van der Waals surface area contributed by atoms with Crippen LogP contribution in [0.2, 0.25) is 0 Å². The number of aliphatic hydroxyl groups excluding tert-OH is 1. The Kier molecular flexibility index (Phi) is 64.6. The van der Waals surface area contributed by atoms with E-state index in [4.69, 9.17) is 64.2 Å². The maximum absolute atomic E-state index is 11.7. The first-order valence-electron chi connectivity index (χ1n) is 47.8. The van der Waals surface area contributed by atoms with Gasteiger partial charge in [-0.3, -0.25) is 18.5 Å². The van der Waals surface area contributed by atoms with Crippen molar-refractivity contribution < 1.29 is 121 Å². The van der Waals surface area contributed by atoms with Crippen LogP contribution >= 0.6 is 15.2 Å². The Morgan fingerprint density at radius 1 is 0.396 bits per heavy atom. The summed E-state index contributed by atoms with van der Waals surface area (Å²) in [6, 6.07) is 74.6. The SMILES string of the molecule is CC(=O)c1ccc(NC(C)C)cc1.CCCC(O)c1ccc(B(O)O)cc1.CCCCCCNc1ccc(C(=O)O)cc1.CCCCOP(=O)(O)c1ccc(C)cc1.CCCNc1ccc(C(=O)O)cc1.CCNc1ccc(C(=O)O)cc1.CCc1ccc(B(O)O)cc1.CCc1cccc(B(O)O)c1.Cc1cc(C(=O)O)ccc1NC(C)C.Cc1ccc(P(=O)(O)OC(C)C)cc1.Cc1ccc(S(=O)(=O)O)cc1. The van der Waals surface area contributed by atoms with Crippen LogP contribution in [0.4, 0.5) is 28.4 Å². The number of aromatic carboxylic acids is 4. The number of carboxylic acids is 4. The molecule has 0 heterocycles. The van der Waals surface area contributed by atoms with Crippen molar-refractivity contribution in [3.63, 3.8) is 0 Å². The first-order valence-corrected chi connectivity index (χ1v) is 52.4. The van der Waals surface area contributed by atoms with Gasteiger partial charge in [0.1, 0.15) is 0 Å². The monoisotopic (exact) mass is 2040 g/mol. The van der Waals surface area contributed by atoms with Crippen LogP contribution in [-0.2, 0) is 41.1 Å². The van der Waals surface area contributed by atoms with Crippen molar-refractivity contribution in [3.05, 3.63) is 328 Å². The van der Waals surface area contributed by atoms with Crippen LogP contribution in [0.1, 0.15) is 252 Å². The van der Waals surface area contributed by atoms with E-state index in [0.717, 1.165) is 138 Å². The van der Waals surface area contributed by atoms with Crippen LogP contribution in [0.15, 0.2) is 266 Å². The quantitative estimate of drug-likeness (QED) is 0.00565. The second kappa shape index (κ2) is 71.6. The molecule has 11 aromatic rings. The number of unbranched alkanes of at least 4 members (excludes halogenated alkanes) is 4. The van der Waals surface area contributed by atoms with E-state index >= 15 is 0 Å². The minimum Gasteiger partial charge on any atom is -0.478 e. The normalized spacial score (nSPS) is 11.3. The number of hydrogen-bond donors (Lipinski definition) is 19. The van der Waals surface area contributed by atoms with Crippen molar-refractivity contribution in [1.82, 2.24) is 0 Å². The molecule has 0 spiro atoms. The lowest BCUT2D eigenvalue weighted by Crippen LogP contribution is -2.29. The van der Waals surface area contributed by atoms with Crippen molar-refractivity contribution in [1.29, 1.82) is 0 Å². The van der Waals surface area contributed by atoms with Crippen molar-refractivity contribution >= 4 is 132 Å². The van der Waals surface area contributed by atoms with Crippen molar-refractivity contribution in [3.8, 4) is 0 Å². The Balaban J connectivity index is 0.000000793. The number of aryl methyl sites for hydroxylation is 6. The second-order valence-electron chi connectivity index (χ2n) is 33.8. The third-order valence-electron chi connectivity index (χ3n) is 20.1. The summed E-state index contributed by atoms with van der Waals surface area (Å²) in [5, 5.41) is 114. The largest absolute Gasteiger partial charge is 0.488 e. The maximum Gasteiger partial charge on any atom is 0.488 e. The molecule has 0 saturated carbocycles. The summed E-state index contributed by atoms with van der Waals surface area (Å²) in [5.74, 6) is -3.44. The van der Waals surface area contributed by atoms with Gasteiger partial charge < -0.3 is 101 Å². The smallest absolute Gasteiger partial charge is 0.478 e. The number of benzene rings is 11. The van der Waals surface area contributed by atoms with Crippen LogP contribution in [0.5, 0.6) is 0 Å². The molecule has 19 N–H and O–H groups in total. The number of carbonyl (C=O) groups is 5. The number of hydrogen-bond acceptors (Lipinski definition) is 23. The average Bonchev–Trinajstić information content (AvgIpc) is 0.841. The third-order valence-corrected chi connectivity index (χ3v) is 24.1. The van der Waals surface area contributed by atoms with E-state index in [-0.39, 0.29) is 16.8 Å². The lowest BCUT2D eigenvalue weighted by molar-refractivity contribution is 0.0686. The standard InChI is InChI=1S/C13H19NO2.C11H15NO2.C11H15NO.C11H17O3P.C10H15BO3.C10H13NO2.C10H15O3P.C9H11NO2.2C8H11BO2.C7H8O3S/c1-2-3-4-5-10-14-12-8-6-11(7-9-12)13(15)16;1-7(2)12-10-5-4-9(11(13)14)6-8(10)3;1-8(2)12-11-6-4-10(5-7-11)9(3)13;1-3-4-9-14-15(12,13)11-7-5-10(2)6-8-11;1-2-3-10(12)8-4-6-9(7-5-8)11(13)14;1-2-7-11-9-5-3-8(4-6-9)10(12)13;1-8(2)13-14(11,12)10-6-4-9(3)5-7-10;1-2-10-8-5-3-7(4-6-8)9(11)12;1-2-7-3-5-8(6-4-7)9(10)11;1-2-7-4-3-5-8(6-7)9(10)11;1-6-2-4-7(5-3-6)11(8,9)10/h6-9,14H,2-5,10H2,1H3,(H,15,16);4-7,12H,1-3H3,(H,13,14);4-8,12H,1-3H3;5-8H,3-4,9H2,1-2H3,(H,12,13);4-7,10,12-14H,2-3H2,1H3;3-6,11H,2,7H2,1H3,(H,12,13);4-8H,1-3H3,(H,11,12);3-6,10H,2H2,1H3,(H,11,12);2*3-6,10-11H,2H2,1H3;2-5H,1H3,(H,8,9,10). The van der Waals surface area contributed by atoms with Gasteiger partial charge in [-0.05, 0) is 312 Å². The number of rotatable bonds is 37. The molecule has 3 unspecified atom stereocenters. The summed E-state index contributed by atoms with van der Waals surface area (Å²) in [7, 11) is -15.4. The number of ketones is 1. The zero-order valence-corrected chi connectivity index (χ0v) is 88.6. The number of carbonyl (C=O) groups excluding carboxylic acids is 1. The summed E-state index contributed by atoms with van der Waals surface area (Å²) in [6.45, 7) is 38.3. The molecule has 0 bridgehead atoms. The molecule has 0 radical (unpaired) electrons. The number of aliphatic hydroxyl groups is 1. The van der Waals surface area contributed by atoms with Gasteiger partial charge in [0.2, 0.25) is 0 Å². The van der Waals surface area contributed by atoms with Crippen LogP contribution in [0.3, 0.4) is 0 Å². The van der Waals surface area contributed by atoms with Crippen LogP contribution in [-0.4, -0.2) is 174 Å². The molecule has 3 atom stereocenters. The lowest BCUT2D eigenvalue weighted by atomic mass is 9.79. The van der Waals surface area contributed by atoms with E-state index in [9.17, 15) is 56.4 Å². The van der Waals surface area contributed by atoms with Gasteiger partial charge in [0, 0.05) is 65.7 Å². The van der Waals surface area contributed by atoms with Gasteiger partial charge in [-0.15, -0.1) is 0 Å². The fourth-order valence-electron chi connectivity index (χ4n) is 12.0. The molecule has 0 aromatic heterocycles. The van der Waals surface area contributed by atoms with Gasteiger partial charge in [0.15, 0.2) is 5.78 Å². The van der Waals surface area contributed by atoms with Crippen LogP contribution in [0, 0.1) is 27.7 Å². The molecule has 0 amide bonds. The zero-order valence-electron chi connectivity index (χ0n) is 86.0. The van der Waals surface area contributed by atoms with Gasteiger partial charge >= 0.3 is 60.4 Å². The van der Waals surface area contributed by atoms with Crippen LogP contribution < -0.4 is 53.6 Å².